The van der Waals surface area contributed by atoms with Crippen LogP contribution >= 0.6 is 11.6 Å². The number of nitrogens with one attached hydrogen (secondary N) is 1. The number of halogens is 1. The zero-order valence-corrected chi connectivity index (χ0v) is 10.6. The summed E-state index contributed by atoms with van der Waals surface area (Å²) in [6.45, 7) is 0. The first-order chi connectivity index (χ1) is 9.40. The van der Waals surface area contributed by atoms with Crippen LogP contribution in [0.3, 0.4) is 0 Å². The first kappa shape index (κ1) is 13.8. The van der Waals surface area contributed by atoms with E-state index in [9.17, 15) is 14.4 Å². The summed E-state index contributed by atoms with van der Waals surface area (Å²) in [4.78, 5) is 35.7. The molecule has 0 fully saturated rings. The zero-order valence-electron chi connectivity index (χ0n) is 9.88. The second-order valence-corrected chi connectivity index (χ2v) is 4.34. The molecule has 102 valence electrons. The van der Waals surface area contributed by atoms with E-state index in [-0.39, 0.29) is 21.7 Å². The van der Waals surface area contributed by atoms with Gasteiger partial charge in [-0.05, 0) is 17.7 Å². The van der Waals surface area contributed by atoms with Crippen LogP contribution in [0.25, 0.3) is 11.1 Å². The minimum Gasteiger partial charge on any atom is -0.478 e. The molecule has 0 aliphatic rings. The van der Waals surface area contributed by atoms with Crippen molar-refractivity contribution in [2.24, 2.45) is 0 Å². The van der Waals surface area contributed by atoms with E-state index in [0.29, 0.717) is 5.56 Å². The summed E-state index contributed by atoms with van der Waals surface area (Å²) in [6, 6.07) is 5.03. The van der Waals surface area contributed by atoms with Crippen LogP contribution in [0.5, 0.6) is 0 Å². The maximum Gasteiger partial charge on any atom is 0.337 e. The molecule has 1 aromatic carbocycles. The van der Waals surface area contributed by atoms with Crippen LogP contribution in [0, 0.1) is 0 Å². The predicted molar refractivity (Wildman–Crippen MR) is 71.4 cm³/mol. The van der Waals surface area contributed by atoms with Crippen molar-refractivity contribution in [1.82, 2.24) is 4.98 Å². The normalized spacial score (nSPS) is 10.2. The summed E-state index contributed by atoms with van der Waals surface area (Å²) in [5.41, 5.74) is -0.380. The molecule has 7 heteroatoms. The number of H-pyrrole nitrogens is 1. The number of aromatic carboxylic acids is 2. The van der Waals surface area contributed by atoms with Crippen LogP contribution in [-0.4, -0.2) is 27.1 Å². The standard InChI is InChI=1S/C13H8ClNO5/c14-10-2-1-6(3-8(10)13(19)20)9-5-15-11(16)4-7(9)12(17)18/h1-5H,(H,15,16)(H,17,18)(H,19,20). The first-order valence-electron chi connectivity index (χ1n) is 5.39. The van der Waals surface area contributed by atoms with Gasteiger partial charge in [0, 0.05) is 17.8 Å². The monoisotopic (exact) mass is 293 g/mol. The van der Waals surface area contributed by atoms with Crippen molar-refractivity contribution in [3.8, 4) is 11.1 Å². The zero-order chi connectivity index (χ0) is 14.9. The van der Waals surface area contributed by atoms with Crippen LogP contribution < -0.4 is 5.56 Å². The first-order valence-corrected chi connectivity index (χ1v) is 5.77. The molecule has 1 heterocycles. The molecule has 3 N–H and O–H groups in total. The average Bonchev–Trinajstić information content (AvgIpc) is 2.39. The molecule has 0 amide bonds. The Bertz CT molecular complexity index is 766. The molecule has 0 unspecified atom stereocenters. The van der Waals surface area contributed by atoms with Gasteiger partial charge in [0.2, 0.25) is 5.56 Å². The number of pyridine rings is 1. The largest absolute Gasteiger partial charge is 0.478 e. The maximum atomic E-state index is 11.2. The molecule has 6 nitrogen and oxygen atoms in total. The van der Waals surface area contributed by atoms with Gasteiger partial charge in [0.25, 0.3) is 0 Å². The average molecular weight is 294 g/mol. The fraction of sp³-hybridized carbons (Fsp3) is 0. The second kappa shape index (κ2) is 5.18. The Labute approximate surface area is 117 Å². The summed E-state index contributed by atoms with van der Waals surface area (Å²) >= 11 is 5.75. The smallest absolute Gasteiger partial charge is 0.337 e. The van der Waals surface area contributed by atoms with Gasteiger partial charge >= 0.3 is 11.9 Å². The molecular weight excluding hydrogens is 286 g/mol. The van der Waals surface area contributed by atoms with E-state index in [1.165, 1.54) is 24.4 Å². The van der Waals surface area contributed by atoms with Crippen molar-refractivity contribution in [2.45, 2.75) is 0 Å². The van der Waals surface area contributed by atoms with Crippen LogP contribution in [0.15, 0.2) is 35.3 Å². The van der Waals surface area contributed by atoms with E-state index in [1.54, 1.807) is 0 Å². The maximum absolute atomic E-state index is 11.2. The Hall–Kier alpha value is -2.60. The number of carboxylic acids is 2. The summed E-state index contributed by atoms with van der Waals surface area (Å²) in [7, 11) is 0. The molecule has 0 atom stereocenters. The number of rotatable bonds is 3. The highest BCUT2D eigenvalue weighted by atomic mass is 35.5. The molecule has 1 aromatic heterocycles. The predicted octanol–water partition coefficient (Wildman–Crippen LogP) is 2.09. The molecule has 2 rings (SSSR count). The van der Waals surface area contributed by atoms with Gasteiger partial charge in [-0.25, -0.2) is 9.59 Å². The molecule has 20 heavy (non-hydrogen) atoms. The van der Waals surface area contributed by atoms with E-state index < -0.39 is 17.5 Å². The van der Waals surface area contributed by atoms with Gasteiger partial charge in [0.1, 0.15) is 0 Å². The van der Waals surface area contributed by atoms with Crippen molar-refractivity contribution < 1.29 is 19.8 Å². The van der Waals surface area contributed by atoms with Crippen molar-refractivity contribution in [1.29, 1.82) is 0 Å². The van der Waals surface area contributed by atoms with E-state index in [1.807, 2.05) is 0 Å². The van der Waals surface area contributed by atoms with Crippen molar-refractivity contribution in [3.63, 3.8) is 0 Å². The summed E-state index contributed by atoms with van der Waals surface area (Å²) in [5, 5.41) is 18.1. The number of aromatic amines is 1. The van der Waals surface area contributed by atoms with Crippen molar-refractivity contribution >= 4 is 23.5 Å². The highest BCUT2D eigenvalue weighted by Gasteiger charge is 2.15. The van der Waals surface area contributed by atoms with Gasteiger partial charge in [-0.2, -0.15) is 0 Å². The molecule has 0 bridgehead atoms. The minimum atomic E-state index is -1.28. The van der Waals surface area contributed by atoms with Crippen LogP contribution in [-0.2, 0) is 0 Å². The van der Waals surface area contributed by atoms with Crippen LogP contribution in [0.4, 0.5) is 0 Å². The number of hydrogen-bond donors (Lipinski definition) is 3. The molecule has 0 saturated carbocycles. The highest BCUT2D eigenvalue weighted by Crippen LogP contribution is 2.27. The number of carboxylic acid groups (broad SMARTS) is 2. The number of hydrogen-bond acceptors (Lipinski definition) is 3. The molecular formula is C13H8ClNO5. The van der Waals surface area contributed by atoms with Crippen molar-refractivity contribution in [3.05, 3.63) is 57.0 Å². The third kappa shape index (κ3) is 2.55. The molecule has 0 aliphatic heterocycles. The topological polar surface area (TPSA) is 107 Å². The van der Waals surface area contributed by atoms with Gasteiger partial charge in [-0.15, -0.1) is 0 Å². The molecule has 2 aromatic rings. The molecule has 0 aliphatic carbocycles. The van der Waals surface area contributed by atoms with E-state index >= 15 is 0 Å². The minimum absolute atomic E-state index is 0.0440. The lowest BCUT2D eigenvalue weighted by Crippen LogP contribution is -2.10. The lowest BCUT2D eigenvalue weighted by atomic mass is 10.00. The Balaban J connectivity index is 2.69. The number of aromatic nitrogens is 1. The second-order valence-electron chi connectivity index (χ2n) is 3.93. The van der Waals surface area contributed by atoms with Crippen LogP contribution in [0.2, 0.25) is 5.02 Å². The fourth-order valence-electron chi connectivity index (χ4n) is 1.74. The van der Waals surface area contributed by atoms with Gasteiger partial charge < -0.3 is 15.2 Å². The van der Waals surface area contributed by atoms with Crippen molar-refractivity contribution in [2.75, 3.05) is 0 Å². The third-order valence-electron chi connectivity index (χ3n) is 2.66. The summed E-state index contributed by atoms with van der Waals surface area (Å²) in [6.07, 6.45) is 1.22. The van der Waals surface area contributed by atoms with E-state index in [0.717, 1.165) is 6.07 Å². The van der Waals surface area contributed by atoms with Gasteiger partial charge in [0.05, 0.1) is 16.1 Å². The summed E-state index contributed by atoms with van der Waals surface area (Å²) < 4.78 is 0. The van der Waals surface area contributed by atoms with Gasteiger partial charge in [-0.3, -0.25) is 4.79 Å². The Morgan fingerprint density at radius 3 is 2.30 bits per heavy atom. The van der Waals surface area contributed by atoms with Crippen LogP contribution in [0.1, 0.15) is 20.7 Å². The Morgan fingerprint density at radius 2 is 1.70 bits per heavy atom. The lowest BCUT2D eigenvalue weighted by Gasteiger charge is -2.07. The highest BCUT2D eigenvalue weighted by molar-refractivity contribution is 6.33. The van der Waals surface area contributed by atoms with E-state index in [4.69, 9.17) is 21.8 Å². The third-order valence-corrected chi connectivity index (χ3v) is 2.99. The molecule has 0 spiro atoms. The lowest BCUT2D eigenvalue weighted by molar-refractivity contribution is 0.0687. The fourth-order valence-corrected chi connectivity index (χ4v) is 1.94. The van der Waals surface area contributed by atoms with Gasteiger partial charge in [0.15, 0.2) is 0 Å². The Kier molecular flexibility index (Phi) is 3.58. The molecule has 0 radical (unpaired) electrons. The quantitative estimate of drug-likeness (QED) is 0.803. The summed E-state index contributed by atoms with van der Waals surface area (Å²) in [5.74, 6) is -2.50. The van der Waals surface area contributed by atoms with Gasteiger partial charge in [-0.1, -0.05) is 17.7 Å². The molecule has 0 saturated heterocycles. The Morgan fingerprint density at radius 1 is 1.05 bits per heavy atom. The number of carbonyl (C=O) groups is 2. The SMILES string of the molecule is O=C(O)c1cc(-c2c[nH]c(=O)cc2C(=O)O)ccc1Cl. The van der Waals surface area contributed by atoms with E-state index in [2.05, 4.69) is 4.98 Å². The number of benzene rings is 1.